The molecule has 0 spiro atoms. The van der Waals surface area contributed by atoms with E-state index in [4.69, 9.17) is 10.5 Å². The zero-order valence-electron chi connectivity index (χ0n) is 13.7. The third-order valence-corrected chi connectivity index (χ3v) is 4.62. The van der Waals surface area contributed by atoms with Crippen molar-refractivity contribution in [3.63, 3.8) is 0 Å². The van der Waals surface area contributed by atoms with E-state index in [1.54, 1.807) is 13.1 Å². The van der Waals surface area contributed by atoms with Crippen LogP contribution in [0.25, 0.3) is 11.0 Å². The molecule has 1 aliphatic rings. The molecule has 2 heterocycles. The number of hydrogen-bond donors (Lipinski definition) is 3. The Hall–Kier alpha value is -2.57. The van der Waals surface area contributed by atoms with Gasteiger partial charge in [-0.1, -0.05) is 19.3 Å². The van der Waals surface area contributed by atoms with Gasteiger partial charge in [-0.25, -0.2) is 9.78 Å². The van der Waals surface area contributed by atoms with Gasteiger partial charge in [-0.05, 0) is 25.8 Å². The molecule has 1 amide bonds. The van der Waals surface area contributed by atoms with Crippen molar-refractivity contribution >= 4 is 28.6 Å². The van der Waals surface area contributed by atoms with Gasteiger partial charge in [0.1, 0.15) is 16.7 Å². The van der Waals surface area contributed by atoms with Crippen molar-refractivity contribution < 1.29 is 14.3 Å². The molecule has 3 rings (SSSR count). The monoisotopic (exact) mass is 330 g/mol. The van der Waals surface area contributed by atoms with Gasteiger partial charge in [0.15, 0.2) is 0 Å². The number of aromatic amines is 1. The SMILES string of the molecule is CCOC(=O)c1cnc2[nH]ccc2c1NC1(C(N)=O)CCCCC1. The molecule has 128 valence electrons. The molecule has 1 fully saturated rings. The molecule has 0 aliphatic heterocycles. The second kappa shape index (κ2) is 6.51. The van der Waals surface area contributed by atoms with Gasteiger partial charge >= 0.3 is 5.97 Å². The van der Waals surface area contributed by atoms with E-state index in [-0.39, 0.29) is 6.61 Å². The minimum atomic E-state index is -0.842. The van der Waals surface area contributed by atoms with Crippen LogP contribution in [0, 0.1) is 0 Å². The number of hydrogen-bond acceptors (Lipinski definition) is 5. The molecule has 24 heavy (non-hydrogen) atoms. The van der Waals surface area contributed by atoms with Crippen molar-refractivity contribution in [1.29, 1.82) is 0 Å². The minimum absolute atomic E-state index is 0.268. The quantitative estimate of drug-likeness (QED) is 0.729. The standard InChI is InChI=1S/C17H22N4O3/c1-2-24-15(22)12-10-20-14-11(6-9-19-14)13(12)21-17(16(18)23)7-4-3-5-8-17/h6,9-10H,2-5,7-8H2,1H3,(H2,18,23)(H2,19,20,21). The lowest BCUT2D eigenvalue weighted by atomic mass is 9.80. The molecule has 1 aliphatic carbocycles. The predicted molar refractivity (Wildman–Crippen MR) is 90.7 cm³/mol. The Bertz CT molecular complexity index is 762. The first kappa shape index (κ1) is 16.3. The summed E-state index contributed by atoms with van der Waals surface area (Å²) in [5.41, 5.74) is 6.38. The molecule has 0 atom stereocenters. The Kier molecular flexibility index (Phi) is 4.42. The zero-order valence-corrected chi connectivity index (χ0v) is 13.7. The van der Waals surface area contributed by atoms with E-state index >= 15 is 0 Å². The van der Waals surface area contributed by atoms with Crippen molar-refractivity contribution in [2.45, 2.75) is 44.6 Å². The predicted octanol–water partition coefficient (Wildman–Crippen LogP) is 2.34. The highest BCUT2D eigenvalue weighted by Crippen LogP contribution is 2.35. The van der Waals surface area contributed by atoms with Crippen LogP contribution in [0.3, 0.4) is 0 Å². The van der Waals surface area contributed by atoms with Gasteiger partial charge in [-0.2, -0.15) is 0 Å². The largest absolute Gasteiger partial charge is 0.462 e. The highest BCUT2D eigenvalue weighted by molar-refractivity contribution is 6.05. The van der Waals surface area contributed by atoms with Crippen LogP contribution in [-0.2, 0) is 9.53 Å². The summed E-state index contributed by atoms with van der Waals surface area (Å²) in [7, 11) is 0. The van der Waals surface area contributed by atoms with Crippen molar-refractivity contribution in [2.75, 3.05) is 11.9 Å². The van der Waals surface area contributed by atoms with Gasteiger partial charge in [-0.15, -0.1) is 0 Å². The molecule has 1 saturated carbocycles. The number of amides is 1. The molecule has 7 heteroatoms. The van der Waals surface area contributed by atoms with Gasteiger partial charge in [0, 0.05) is 17.8 Å². The van der Waals surface area contributed by atoms with E-state index in [9.17, 15) is 9.59 Å². The van der Waals surface area contributed by atoms with E-state index in [2.05, 4.69) is 15.3 Å². The molecule has 0 radical (unpaired) electrons. The molecule has 0 unspecified atom stereocenters. The summed E-state index contributed by atoms with van der Waals surface area (Å²) in [6.45, 7) is 2.02. The number of nitrogens with one attached hydrogen (secondary N) is 2. The van der Waals surface area contributed by atoms with Crippen LogP contribution < -0.4 is 11.1 Å². The fourth-order valence-corrected chi connectivity index (χ4v) is 3.33. The topological polar surface area (TPSA) is 110 Å². The van der Waals surface area contributed by atoms with Crippen LogP contribution in [0.5, 0.6) is 0 Å². The number of rotatable bonds is 5. The van der Waals surface area contributed by atoms with Gasteiger partial charge in [-0.3, -0.25) is 4.79 Å². The average molecular weight is 330 g/mol. The number of fused-ring (bicyclic) bond motifs is 1. The maximum absolute atomic E-state index is 12.3. The highest BCUT2D eigenvalue weighted by Gasteiger charge is 2.39. The number of carbonyl (C=O) groups excluding carboxylic acids is 2. The first-order chi connectivity index (χ1) is 11.6. The lowest BCUT2D eigenvalue weighted by molar-refractivity contribution is -0.123. The third-order valence-electron chi connectivity index (χ3n) is 4.62. The fraction of sp³-hybridized carbons (Fsp3) is 0.471. The van der Waals surface area contributed by atoms with Crippen LogP contribution in [-0.4, -0.2) is 34.0 Å². The van der Waals surface area contributed by atoms with E-state index < -0.39 is 17.4 Å². The molecular weight excluding hydrogens is 308 g/mol. The molecule has 2 aromatic heterocycles. The number of nitrogens with two attached hydrogens (primary N) is 1. The molecule has 2 aromatic rings. The fourth-order valence-electron chi connectivity index (χ4n) is 3.33. The first-order valence-corrected chi connectivity index (χ1v) is 8.29. The summed E-state index contributed by atoms with van der Waals surface area (Å²) < 4.78 is 5.13. The normalized spacial score (nSPS) is 16.7. The van der Waals surface area contributed by atoms with Crippen LogP contribution in [0.2, 0.25) is 0 Å². The van der Waals surface area contributed by atoms with Crippen LogP contribution >= 0.6 is 0 Å². The Morgan fingerprint density at radius 3 is 2.79 bits per heavy atom. The Labute approximate surface area is 140 Å². The van der Waals surface area contributed by atoms with E-state index in [0.29, 0.717) is 29.7 Å². The molecular formula is C17H22N4O3. The van der Waals surface area contributed by atoms with Crippen molar-refractivity contribution in [2.24, 2.45) is 5.73 Å². The maximum atomic E-state index is 12.3. The molecule has 4 N–H and O–H groups in total. The van der Waals surface area contributed by atoms with E-state index in [1.165, 1.54) is 6.20 Å². The summed E-state index contributed by atoms with van der Waals surface area (Å²) >= 11 is 0. The Balaban J connectivity index is 2.08. The van der Waals surface area contributed by atoms with Crippen molar-refractivity contribution in [3.8, 4) is 0 Å². The van der Waals surface area contributed by atoms with Crippen molar-refractivity contribution in [3.05, 3.63) is 24.0 Å². The van der Waals surface area contributed by atoms with Gasteiger partial charge in [0.25, 0.3) is 0 Å². The van der Waals surface area contributed by atoms with Crippen LogP contribution in [0.4, 0.5) is 5.69 Å². The number of esters is 1. The zero-order chi connectivity index (χ0) is 17.2. The molecule has 7 nitrogen and oxygen atoms in total. The van der Waals surface area contributed by atoms with E-state index in [1.807, 2.05) is 6.07 Å². The summed E-state index contributed by atoms with van der Waals surface area (Å²) in [6, 6.07) is 1.82. The van der Waals surface area contributed by atoms with Gasteiger partial charge in [0.2, 0.25) is 5.91 Å². The summed E-state index contributed by atoms with van der Waals surface area (Å²) in [5, 5.41) is 4.04. The number of carbonyl (C=O) groups is 2. The molecule has 0 saturated heterocycles. The highest BCUT2D eigenvalue weighted by atomic mass is 16.5. The number of pyridine rings is 1. The average Bonchev–Trinajstić information content (AvgIpc) is 3.05. The van der Waals surface area contributed by atoms with Crippen LogP contribution in [0.1, 0.15) is 49.4 Å². The number of anilines is 1. The molecule has 0 bridgehead atoms. The summed E-state index contributed by atoms with van der Waals surface area (Å²) in [4.78, 5) is 31.8. The summed E-state index contributed by atoms with van der Waals surface area (Å²) in [6.07, 6.45) is 7.44. The minimum Gasteiger partial charge on any atom is -0.462 e. The first-order valence-electron chi connectivity index (χ1n) is 8.29. The molecule has 0 aromatic carbocycles. The Morgan fingerprint density at radius 1 is 1.38 bits per heavy atom. The second-order valence-electron chi connectivity index (χ2n) is 6.14. The smallest absolute Gasteiger partial charge is 0.341 e. The van der Waals surface area contributed by atoms with Gasteiger partial charge < -0.3 is 20.8 Å². The van der Waals surface area contributed by atoms with Crippen molar-refractivity contribution in [1.82, 2.24) is 9.97 Å². The Morgan fingerprint density at radius 2 is 2.12 bits per heavy atom. The van der Waals surface area contributed by atoms with E-state index in [0.717, 1.165) is 24.6 Å². The van der Waals surface area contributed by atoms with Crippen LogP contribution in [0.15, 0.2) is 18.5 Å². The summed E-state index contributed by atoms with van der Waals surface area (Å²) in [5.74, 6) is -0.858. The number of nitrogens with zero attached hydrogens (tertiary/aromatic N) is 1. The number of aromatic nitrogens is 2. The second-order valence-corrected chi connectivity index (χ2v) is 6.14. The maximum Gasteiger partial charge on any atom is 0.341 e. The third kappa shape index (κ3) is 2.81. The lowest BCUT2D eigenvalue weighted by Crippen LogP contribution is -2.52. The number of primary amides is 1. The number of ether oxygens (including phenoxy) is 1. The lowest BCUT2D eigenvalue weighted by Gasteiger charge is -2.36. The number of H-pyrrole nitrogens is 1. The van der Waals surface area contributed by atoms with Gasteiger partial charge in [0.05, 0.1) is 12.3 Å².